The Morgan fingerprint density at radius 1 is 1.04 bits per heavy atom. The van der Waals surface area contributed by atoms with Gasteiger partial charge in [0.1, 0.15) is 5.69 Å². The molecule has 0 atom stereocenters. The second kappa shape index (κ2) is 7.38. The van der Waals surface area contributed by atoms with Crippen molar-refractivity contribution in [2.45, 2.75) is 39.3 Å². The molecular formula is C19H20F3N3O2. The molecule has 0 saturated carbocycles. The minimum absolute atomic E-state index is 0.00265. The highest BCUT2D eigenvalue weighted by molar-refractivity contribution is 5.99. The van der Waals surface area contributed by atoms with Crippen LogP contribution < -0.4 is 5.43 Å². The van der Waals surface area contributed by atoms with E-state index < -0.39 is 22.4 Å². The van der Waals surface area contributed by atoms with Gasteiger partial charge in [0.25, 0.3) is 5.69 Å². The molecule has 2 aromatic carbocycles. The van der Waals surface area contributed by atoms with Crippen LogP contribution in [0.15, 0.2) is 47.6 Å². The van der Waals surface area contributed by atoms with Crippen molar-refractivity contribution >= 4 is 17.1 Å². The summed E-state index contributed by atoms with van der Waals surface area (Å²) in [7, 11) is 0. The second-order valence-corrected chi connectivity index (χ2v) is 7.12. The molecule has 1 N–H and O–H groups in total. The summed E-state index contributed by atoms with van der Waals surface area (Å²) in [4.78, 5) is 10.2. The van der Waals surface area contributed by atoms with E-state index in [0.29, 0.717) is 11.8 Å². The van der Waals surface area contributed by atoms with E-state index in [9.17, 15) is 23.3 Å². The Morgan fingerprint density at radius 3 is 2.07 bits per heavy atom. The number of hydrogen-bond acceptors (Lipinski definition) is 4. The molecule has 0 amide bonds. The highest BCUT2D eigenvalue weighted by Crippen LogP contribution is 2.35. The zero-order valence-corrected chi connectivity index (χ0v) is 15.4. The number of hydrazone groups is 1. The summed E-state index contributed by atoms with van der Waals surface area (Å²) in [5.41, 5.74) is 3.10. The molecule has 2 aromatic rings. The van der Waals surface area contributed by atoms with Crippen molar-refractivity contribution in [2.24, 2.45) is 5.10 Å². The number of nitro benzene ring substituents is 1. The predicted molar refractivity (Wildman–Crippen MR) is 99.1 cm³/mol. The summed E-state index contributed by atoms with van der Waals surface area (Å²) in [5, 5.41) is 15.2. The summed E-state index contributed by atoms with van der Waals surface area (Å²) < 4.78 is 38.2. The fraction of sp³-hybridized carbons (Fsp3) is 0.316. The van der Waals surface area contributed by atoms with E-state index in [1.807, 2.05) is 24.3 Å². The molecule has 0 spiro atoms. The molecule has 0 fully saturated rings. The van der Waals surface area contributed by atoms with Crippen LogP contribution in [-0.4, -0.2) is 10.6 Å². The number of nitrogens with zero attached hydrogens (tertiary/aromatic N) is 2. The Morgan fingerprint density at radius 2 is 1.59 bits per heavy atom. The predicted octanol–water partition coefficient (Wildman–Crippen LogP) is 5.75. The number of benzene rings is 2. The SMILES string of the molecule is C/C(=N/Nc1ccc(C(F)(F)F)cc1[N+](=O)[O-])c1ccc(C(C)(C)C)cc1. The third-order valence-electron chi connectivity index (χ3n) is 4.03. The molecule has 0 aliphatic heterocycles. The van der Waals surface area contributed by atoms with Crippen molar-refractivity contribution in [2.75, 3.05) is 5.43 Å². The van der Waals surface area contributed by atoms with Gasteiger partial charge in [-0.3, -0.25) is 15.5 Å². The van der Waals surface area contributed by atoms with Crippen LogP contribution in [0.3, 0.4) is 0 Å². The van der Waals surface area contributed by atoms with Gasteiger partial charge in [-0.2, -0.15) is 18.3 Å². The normalized spacial score (nSPS) is 12.8. The highest BCUT2D eigenvalue weighted by atomic mass is 19.4. The third kappa shape index (κ3) is 5.06. The third-order valence-corrected chi connectivity index (χ3v) is 4.03. The monoisotopic (exact) mass is 379 g/mol. The average Bonchev–Trinajstić information content (AvgIpc) is 2.58. The van der Waals surface area contributed by atoms with Crippen molar-refractivity contribution < 1.29 is 18.1 Å². The number of rotatable bonds is 4. The first-order chi connectivity index (χ1) is 12.4. The van der Waals surface area contributed by atoms with Crippen molar-refractivity contribution in [1.82, 2.24) is 0 Å². The van der Waals surface area contributed by atoms with E-state index in [1.165, 1.54) is 0 Å². The highest BCUT2D eigenvalue weighted by Gasteiger charge is 2.33. The number of halogens is 3. The zero-order valence-electron chi connectivity index (χ0n) is 15.4. The summed E-state index contributed by atoms with van der Waals surface area (Å²) in [5.74, 6) is 0. The zero-order chi connectivity index (χ0) is 20.4. The van der Waals surface area contributed by atoms with Gasteiger partial charge in [-0.15, -0.1) is 0 Å². The molecule has 27 heavy (non-hydrogen) atoms. The lowest BCUT2D eigenvalue weighted by Crippen LogP contribution is -2.11. The van der Waals surface area contributed by atoms with Gasteiger partial charge in [0.15, 0.2) is 0 Å². The van der Waals surface area contributed by atoms with Gasteiger partial charge < -0.3 is 0 Å². The van der Waals surface area contributed by atoms with Gasteiger partial charge in [0, 0.05) is 6.07 Å². The van der Waals surface area contributed by atoms with Gasteiger partial charge in [0.05, 0.1) is 16.2 Å². The first-order valence-corrected chi connectivity index (χ1v) is 8.16. The molecule has 0 aromatic heterocycles. The number of hydrogen-bond donors (Lipinski definition) is 1. The maximum atomic E-state index is 12.7. The van der Waals surface area contributed by atoms with Crippen molar-refractivity contribution in [3.63, 3.8) is 0 Å². The van der Waals surface area contributed by atoms with Crippen molar-refractivity contribution in [3.05, 3.63) is 69.3 Å². The van der Waals surface area contributed by atoms with E-state index in [1.54, 1.807) is 6.92 Å². The van der Waals surface area contributed by atoms with Crippen LogP contribution in [0.1, 0.15) is 44.4 Å². The molecular weight excluding hydrogens is 359 g/mol. The van der Waals surface area contributed by atoms with Gasteiger partial charge in [-0.05, 0) is 35.6 Å². The van der Waals surface area contributed by atoms with Crippen LogP contribution in [0.2, 0.25) is 0 Å². The number of nitrogens with one attached hydrogen (secondary N) is 1. The number of alkyl halides is 3. The molecule has 0 aliphatic rings. The fourth-order valence-corrected chi connectivity index (χ4v) is 2.37. The first-order valence-electron chi connectivity index (χ1n) is 8.16. The molecule has 0 heterocycles. The summed E-state index contributed by atoms with van der Waals surface area (Å²) >= 11 is 0. The van der Waals surface area contributed by atoms with Crippen LogP contribution >= 0.6 is 0 Å². The Labute approximate surface area is 155 Å². The fourth-order valence-electron chi connectivity index (χ4n) is 2.37. The summed E-state index contributed by atoms with van der Waals surface area (Å²) in [6.45, 7) is 7.98. The lowest BCUT2D eigenvalue weighted by atomic mass is 9.86. The lowest BCUT2D eigenvalue weighted by Gasteiger charge is -2.19. The van der Waals surface area contributed by atoms with E-state index in [4.69, 9.17) is 0 Å². The molecule has 0 saturated heterocycles. The summed E-state index contributed by atoms with van der Waals surface area (Å²) in [6, 6.07) is 9.96. The van der Waals surface area contributed by atoms with Crippen molar-refractivity contribution in [1.29, 1.82) is 0 Å². The minimum Gasteiger partial charge on any atom is -0.271 e. The Kier molecular flexibility index (Phi) is 5.58. The molecule has 0 unspecified atom stereocenters. The van der Waals surface area contributed by atoms with E-state index in [0.717, 1.165) is 23.3 Å². The standard InChI is InChI=1S/C19H20F3N3O2/c1-12(13-5-7-14(8-6-13)18(2,3)4)23-24-16-10-9-15(19(20,21)22)11-17(16)25(26)27/h5-11,24H,1-4H3/b23-12-. The van der Waals surface area contributed by atoms with Gasteiger partial charge >= 0.3 is 6.18 Å². The van der Waals surface area contributed by atoms with Crippen LogP contribution in [0.25, 0.3) is 0 Å². The molecule has 0 bridgehead atoms. The van der Waals surface area contributed by atoms with Crippen LogP contribution in [0.5, 0.6) is 0 Å². The smallest absolute Gasteiger partial charge is 0.271 e. The Hall–Kier alpha value is -2.90. The quantitative estimate of drug-likeness (QED) is 0.418. The van der Waals surface area contributed by atoms with E-state index in [-0.39, 0.29) is 11.1 Å². The number of anilines is 1. The summed E-state index contributed by atoms with van der Waals surface area (Å²) in [6.07, 6.45) is -4.66. The van der Waals surface area contributed by atoms with Gasteiger partial charge in [-0.1, -0.05) is 45.0 Å². The Bertz CT molecular complexity index is 867. The largest absolute Gasteiger partial charge is 0.416 e. The van der Waals surface area contributed by atoms with E-state index in [2.05, 4.69) is 31.3 Å². The van der Waals surface area contributed by atoms with Crippen LogP contribution in [0, 0.1) is 10.1 Å². The topological polar surface area (TPSA) is 67.5 Å². The van der Waals surface area contributed by atoms with Gasteiger partial charge in [0.2, 0.25) is 0 Å². The van der Waals surface area contributed by atoms with Crippen LogP contribution in [0.4, 0.5) is 24.5 Å². The van der Waals surface area contributed by atoms with Crippen molar-refractivity contribution in [3.8, 4) is 0 Å². The molecule has 5 nitrogen and oxygen atoms in total. The molecule has 0 radical (unpaired) electrons. The van der Waals surface area contributed by atoms with Gasteiger partial charge in [-0.25, -0.2) is 0 Å². The molecule has 8 heteroatoms. The van der Waals surface area contributed by atoms with Crippen LogP contribution in [-0.2, 0) is 11.6 Å². The maximum Gasteiger partial charge on any atom is 0.416 e. The minimum atomic E-state index is -4.66. The molecule has 0 aliphatic carbocycles. The van der Waals surface area contributed by atoms with E-state index >= 15 is 0 Å². The average molecular weight is 379 g/mol. The lowest BCUT2D eigenvalue weighted by molar-refractivity contribution is -0.384. The molecule has 2 rings (SSSR count). The first kappa shape index (κ1) is 20.4. The maximum absolute atomic E-state index is 12.7. The number of nitro groups is 1. The second-order valence-electron chi connectivity index (χ2n) is 7.12. The molecule has 144 valence electrons. The Balaban J connectivity index is 2.27.